The van der Waals surface area contributed by atoms with Crippen molar-refractivity contribution in [2.45, 2.75) is 33.6 Å². The van der Waals surface area contributed by atoms with Crippen molar-refractivity contribution in [3.05, 3.63) is 53.1 Å². The Balaban J connectivity index is 2.23. The second-order valence-electron chi connectivity index (χ2n) is 5.91. The maximum absolute atomic E-state index is 11.0. The van der Waals surface area contributed by atoms with Crippen LogP contribution in [0.4, 0.5) is 11.4 Å². The lowest BCUT2D eigenvalue weighted by Crippen LogP contribution is -2.05. The molecule has 2 rings (SSSR count). The average molecular weight is 310 g/mol. The second-order valence-corrected chi connectivity index (χ2v) is 5.91. The fraction of sp³-hybridized carbons (Fsp3) is 0.263. The van der Waals surface area contributed by atoms with Gasteiger partial charge in [0.1, 0.15) is 5.75 Å². The summed E-state index contributed by atoms with van der Waals surface area (Å²) in [5, 5.41) is 12.7. The minimum atomic E-state index is -0.0904. The molecule has 2 aromatic carbocycles. The number of hydrogen-bond donors (Lipinski definition) is 2. The molecule has 0 fully saturated rings. The number of nitrogens with one attached hydrogen (secondary N) is 1. The minimum absolute atomic E-state index is 0.0904. The summed E-state index contributed by atoms with van der Waals surface area (Å²) in [5.74, 6) is 0.463. The normalized spacial score (nSPS) is 11.2. The van der Waals surface area contributed by atoms with Crippen LogP contribution in [0, 0.1) is 6.92 Å². The molecule has 4 heteroatoms. The highest BCUT2D eigenvalue weighted by molar-refractivity contribution is 5.89. The third-order valence-corrected chi connectivity index (χ3v) is 3.55. The Morgan fingerprint density at radius 1 is 1.22 bits per heavy atom. The molecule has 0 saturated heterocycles. The van der Waals surface area contributed by atoms with Crippen molar-refractivity contribution in [1.82, 2.24) is 0 Å². The predicted molar refractivity (Wildman–Crippen MR) is 94.9 cm³/mol. The lowest BCUT2D eigenvalue weighted by molar-refractivity contribution is -0.114. The maximum atomic E-state index is 11.0. The molecule has 2 N–H and O–H groups in total. The monoisotopic (exact) mass is 310 g/mol. The van der Waals surface area contributed by atoms with Crippen molar-refractivity contribution >= 4 is 23.5 Å². The molecule has 0 aliphatic rings. The van der Waals surface area contributed by atoms with Crippen LogP contribution in [0.25, 0.3) is 0 Å². The number of phenols is 1. The van der Waals surface area contributed by atoms with E-state index in [0.29, 0.717) is 5.75 Å². The van der Waals surface area contributed by atoms with Crippen molar-refractivity contribution in [3.63, 3.8) is 0 Å². The van der Waals surface area contributed by atoms with Crippen LogP contribution in [0.3, 0.4) is 0 Å². The van der Waals surface area contributed by atoms with Crippen molar-refractivity contribution in [2.75, 3.05) is 5.32 Å². The summed E-state index contributed by atoms with van der Waals surface area (Å²) in [7, 11) is 0. The Hall–Kier alpha value is -2.62. The molecule has 0 spiro atoms. The van der Waals surface area contributed by atoms with Crippen molar-refractivity contribution in [3.8, 4) is 5.75 Å². The first-order valence-corrected chi connectivity index (χ1v) is 7.62. The van der Waals surface area contributed by atoms with Crippen LogP contribution in [0.15, 0.2) is 41.4 Å². The first-order valence-electron chi connectivity index (χ1n) is 7.62. The van der Waals surface area contributed by atoms with Gasteiger partial charge in [0.05, 0.1) is 5.69 Å². The van der Waals surface area contributed by atoms with Gasteiger partial charge < -0.3 is 10.4 Å². The minimum Gasteiger partial charge on any atom is -0.508 e. The van der Waals surface area contributed by atoms with Gasteiger partial charge in [-0.2, -0.15) is 0 Å². The molecule has 0 aromatic heterocycles. The fourth-order valence-corrected chi connectivity index (χ4v) is 2.30. The molecule has 0 aliphatic carbocycles. The number of phenolic OH excluding ortho intramolecular Hbond substituents is 1. The van der Waals surface area contributed by atoms with Gasteiger partial charge in [-0.05, 0) is 53.8 Å². The Kier molecular flexibility index (Phi) is 5.16. The van der Waals surface area contributed by atoms with Gasteiger partial charge >= 0.3 is 0 Å². The van der Waals surface area contributed by atoms with Crippen LogP contribution in [0.5, 0.6) is 5.75 Å². The van der Waals surface area contributed by atoms with Gasteiger partial charge in [-0.15, -0.1) is 0 Å². The molecule has 0 aliphatic heterocycles. The van der Waals surface area contributed by atoms with Crippen LogP contribution in [-0.4, -0.2) is 17.2 Å². The molecular formula is C19H22N2O2. The number of aliphatic imine (C=N–C) groups is 1. The molecule has 120 valence electrons. The van der Waals surface area contributed by atoms with Crippen molar-refractivity contribution in [1.29, 1.82) is 0 Å². The number of anilines is 1. The van der Waals surface area contributed by atoms with Gasteiger partial charge in [0.15, 0.2) is 0 Å². The highest BCUT2D eigenvalue weighted by Gasteiger charge is 2.09. The molecular weight excluding hydrogens is 288 g/mol. The van der Waals surface area contributed by atoms with Gasteiger partial charge in [0.2, 0.25) is 5.91 Å². The van der Waals surface area contributed by atoms with Gasteiger partial charge in [0.25, 0.3) is 0 Å². The van der Waals surface area contributed by atoms with E-state index in [-0.39, 0.29) is 11.8 Å². The number of carbonyl (C=O) groups excluding carboxylic acids is 1. The van der Waals surface area contributed by atoms with E-state index in [1.807, 2.05) is 51.1 Å². The molecule has 0 heterocycles. The Labute approximate surface area is 136 Å². The zero-order valence-corrected chi connectivity index (χ0v) is 13.9. The third-order valence-electron chi connectivity index (χ3n) is 3.55. The quantitative estimate of drug-likeness (QED) is 0.815. The number of aryl methyl sites for hydroxylation is 1. The molecule has 0 saturated carbocycles. The van der Waals surface area contributed by atoms with E-state index < -0.39 is 0 Å². The molecule has 23 heavy (non-hydrogen) atoms. The SMILES string of the molecule is CC(=O)Nc1ccc(C=Nc2cc(C(C)C)c(O)cc2C)cc1. The Morgan fingerprint density at radius 2 is 1.87 bits per heavy atom. The summed E-state index contributed by atoms with van der Waals surface area (Å²) in [4.78, 5) is 15.5. The third kappa shape index (κ3) is 4.42. The standard InChI is InChI=1S/C19H22N2O2/c1-12(2)17-10-18(13(3)9-19(17)23)20-11-15-5-7-16(8-6-15)21-14(4)22/h5-12,23H,1-4H3,(H,21,22). The summed E-state index contributed by atoms with van der Waals surface area (Å²) in [6, 6.07) is 11.2. The zero-order chi connectivity index (χ0) is 17.0. The van der Waals surface area contributed by atoms with Crippen LogP contribution in [0.1, 0.15) is 43.4 Å². The average Bonchev–Trinajstić information content (AvgIpc) is 2.47. The first kappa shape index (κ1) is 16.7. The molecule has 4 nitrogen and oxygen atoms in total. The topological polar surface area (TPSA) is 61.7 Å². The summed E-state index contributed by atoms with van der Waals surface area (Å²) >= 11 is 0. The lowest BCUT2D eigenvalue weighted by Gasteiger charge is -2.11. The van der Waals surface area contributed by atoms with E-state index in [1.165, 1.54) is 6.92 Å². The molecule has 2 aromatic rings. The van der Waals surface area contributed by atoms with E-state index in [9.17, 15) is 9.90 Å². The summed E-state index contributed by atoms with van der Waals surface area (Å²) in [6.45, 7) is 7.49. The van der Waals surface area contributed by atoms with Gasteiger partial charge in [-0.1, -0.05) is 26.0 Å². The van der Waals surface area contributed by atoms with E-state index in [0.717, 1.165) is 28.1 Å². The second kappa shape index (κ2) is 7.09. The van der Waals surface area contributed by atoms with Gasteiger partial charge in [-0.3, -0.25) is 9.79 Å². The molecule has 1 amide bonds. The van der Waals surface area contributed by atoms with Crippen LogP contribution in [-0.2, 0) is 4.79 Å². The Bertz CT molecular complexity index is 732. The highest BCUT2D eigenvalue weighted by atomic mass is 16.3. The van der Waals surface area contributed by atoms with Crippen LogP contribution >= 0.6 is 0 Å². The number of nitrogens with zero attached hydrogens (tertiary/aromatic N) is 1. The number of aromatic hydroxyl groups is 1. The Morgan fingerprint density at radius 3 is 2.43 bits per heavy atom. The highest BCUT2D eigenvalue weighted by Crippen LogP contribution is 2.32. The number of rotatable bonds is 4. The first-order chi connectivity index (χ1) is 10.9. The number of benzene rings is 2. The zero-order valence-electron chi connectivity index (χ0n) is 13.9. The maximum Gasteiger partial charge on any atom is 0.221 e. The summed E-state index contributed by atoms with van der Waals surface area (Å²) < 4.78 is 0. The van der Waals surface area contributed by atoms with E-state index in [4.69, 9.17) is 0 Å². The van der Waals surface area contributed by atoms with Crippen LogP contribution < -0.4 is 5.32 Å². The van der Waals surface area contributed by atoms with Crippen molar-refractivity contribution < 1.29 is 9.90 Å². The van der Waals surface area contributed by atoms with Crippen molar-refractivity contribution in [2.24, 2.45) is 4.99 Å². The molecule has 0 bridgehead atoms. The van der Waals surface area contributed by atoms with Gasteiger partial charge in [-0.25, -0.2) is 0 Å². The number of amides is 1. The molecule has 0 radical (unpaired) electrons. The number of carbonyl (C=O) groups is 1. The summed E-state index contributed by atoms with van der Waals surface area (Å²) in [5.41, 5.74) is 4.37. The van der Waals surface area contributed by atoms with E-state index >= 15 is 0 Å². The molecule has 0 atom stereocenters. The van der Waals surface area contributed by atoms with E-state index in [2.05, 4.69) is 10.3 Å². The smallest absolute Gasteiger partial charge is 0.221 e. The van der Waals surface area contributed by atoms with Crippen LogP contribution in [0.2, 0.25) is 0 Å². The fourth-order valence-electron chi connectivity index (χ4n) is 2.30. The largest absolute Gasteiger partial charge is 0.508 e. The van der Waals surface area contributed by atoms with Gasteiger partial charge in [0, 0.05) is 18.8 Å². The molecule has 0 unspecified atom stereocenters. The number of hydrogen-bond acceptors (Lipinski definition) is 3. The summed E-state index contributed by atoms with van der Waals surface area (Å²) in [6.07, 6.45) is 1.78. The van der Waals surface area contributed by atoms with E-state index in [1.54, 1.807) is 12.3 Å². The predicted octanol–water partition coefficient (Wildman–Crippen LogP) is 4.53. The lowest BCUT2D eigenvalue weighted by atomic mass is 9.99.